The third-order valence-corrected chi connectivity index (χ3v) is 4.72. The van der Waals surface area contributed by atoms with Crippen LogP contribution in [0, 0.1) is 10.1 Å². The lowest BCUT2D eigenvalue weighted by atomic mass is 10.1. The first-order valence-electron chi connectivity index (χ1n) is 9.72. The normalized spacial score (nSPS) is 18.4. The van der Waals surface area contributed by atoms with Crippen molar-refractivity contribution < 1.29 is 24.0 Å². The zero-order valence-electron chi connectivity index (χ0n) is 16.5. The topological polar surface area (TPSA) is 91.1 Å². The van der Waals surface area contributed by atoms with E-state index in [-0.39, 0.29) is 30.3 Å². The number of hydrogen-bond donors (Lipinski definition) is 0. The molecule has 8 nitrogen and oxygen atoms in total. The fraction of sp³-hybridized carbons (Fsp3) is 0.174. The molecule has 0 bridgehead atoms. The van der Waals surface area contributed by atoms with Gasteiger partial charge in [-0.15, -0.1) is 0 Å². The average Bonchev–Trinajstić information content (AvgIpc) is 2.83. The van der Waals surface area contributed by atoms with E-state index in [1.807, 2.05) is 36.4 Å². The maximum Gasteiger partial charge on any atom is 0.277 e. The van der Waals surface area contributed by atoms with E-state index < -0.39 is 17.3 Å². The molecule has 2 atom stereocenters. The van der Waals surface area contributed by atoms with E-state index >= 15 is 0 Å². The van der Waals surface area contributed by atoms with Crippen molar-refractivity contribution in [2.24, 2.45) is 0 Å². The van der Waals surface area contributed by atoms with Gasteiger partial charge in [0.25, 0.3) is 11.6 Å². The first-order chi connectivity index (χ1) is 15.1. The number of ether oxygens (including phenoxy) is 2. The molecule has 0 aromatic heterocycles. The van der Waals surface area contributed by atoms with Crippen LogP contribution in [0.25, 0.3) is 0 Å². The minimum Gasteiger partial charge on any atom is -0.491 e. The van der Waals surface area contributed by atoms with Crippen LogP contribution in [0.5, 0.6) is 5.75 Å². The van der Waals surface area contributed by atoms with E-state index in [2.05, 4.69) is 0 Å². The van der Waals surface area contributed by atoms with E-state index in [0.29, 0.717) is 11.3 Å². The molecule has 0 aliphatic carbocycles. The maximum atomic E-state index is 13.0. The predicted octanol–water partition coefficient (Wildman–Crippen LogP) is 4.15. The van der Waals surface area contributed by atoms with Gasteiger partial charge in [-0.05, 0) is 30.3 Å². The Morgan fingerprint density at radius 1 is 1.00 bits per heavy atom. The molecule has 1 aliphatic heterocycles. The lowest BCUT2D eigenvalue weighted by Gasteiger charge is -2.37. The summed E-state index contributed by atoms with van der Waals surface area (Å²) in [4.78, 5) is 29.7. The summed E-state index contributed by atoms with van der Waals surface area (Å²) in [5, 5.41) is 12.7. The molecule has 0 saturated carbocycles. The molecule has 0 N–H and O–H groups in total. The number of hydrogen-bond acceptors (Lipinski definition) is 6. The summed E-state index contributed by atoms with van der Waals surface area (Å²) in [6, 6.07) is 24.0. The van der Waals surface area contributed by atoms with Crippen LogP contribution in [-0.4, -0.2) is 35.1 Å². The molecule has 3 aromatic rings. The number of nitro groups is 1. The summed E-state index contributed by atoms with van der Waals surface area (Å²) >= 11 is 0. The van der Waals surface area contributed by atoms with Crippen molar-refractivity contribution in [2.45, 2.75) is 12.4 Å². The quantitative estimate of drug-likeness (QED) is 0.440. The van der Waals surface area contributed by atoms with E-state index in [0.717, 1.165) is 0 Å². The van der Waals surface area contributed by atoms with Crippen LogP contribution >= 0.6 is 0 Å². The lowest BCUT2D eigenvalue weighted by molar-refractivity contribution is -0.390. The zero-order valence-corrected chi connectivity index (χ0v) is 16.5. The Kier molecular flexibility index (Phi) is 6.21. The lowest BCUT2D eigenvalue weighted by Crippen LogP contribution is -2.47. The third-order valence-electron chi connectivity index (χ3n) is 4.72. The fourth-order valence-corrected chi connectivity index (χ4v) is 3.22. The number of benzene rings is 3. The van der Waals surface area contributed by atoms with E-state index in [1.54, 1.807) is 42.5 Å². The van der Waals surface area contributed by atoms with Crippen molar-refractivity contribution in [2.75, 3.05) is 13.2 Å². The van der Waals surface area contributed by atoms with Crippen LogP contribution in [-0.2, 0) is 9.57 Å². The number of carbonyl (C=O) groups is 1. The molecule has 1 saturated heterocycles. The minimum atomic E-state index is -1.13. The zero-order chi connectivity index (χ0) is 21.6. The smallest absolute Gasteiger partial charge is 0.277 e. The Morgan fingerprint density at radius 3 is 2.35 bits per heavy atom. The molecule has 3 aromatic carbocycles. The molecule has 1 fully saturated rings. The second kappa shape index (κ2) is 9.38. The fourth-order valence-electron chi connectivity index (χ4n) is 3.22. The molecule has 0 unspecified atom stereocenters. The van der Waals surface area contributed by atoms with Crippen LogP contribution in [0.15, 0.2) is 84.9 Å². The molecular formula is C23H20N2O6. The van der Waals surface area contributed by atoms with Gasteiger partial charge in [0, 0.05) is 11.6 Å². The van der Waals surface area contributed by atoms with Gasteiger partial charge in [-0.2, -0.15) is 0 Å². The summed E-state index contributed by atoms with van der Waals surface area (Å²) in [6.07, 6.45) is -1.70. The highest BCUT2D eigenvalue weighted by molar-refractivity contribution is 5.93. The molecule has 8 heteroatoms. The summed E-state index contributed by atoms with van der Waals surface area (Å²) in [7, 11) is 0. The summed E-state index contributed by atoms with van der Waals surface area (Å²) in [5.41, 5.74) is 0.514. The SMILES string of the molecule is O=C(c1ccccc1)N1C[C@@H](COc2ccccc2)O[C@H](c2ccccc2[N+](=O)[O-])O1. The van der Waals surface area contributed by atoms with E-state index in [4.69, 9.17) is 14.3 Å². The Bertz CT molecular complexity index is 1040. The van der Waals surface area contributed by atoms with Crippen molar-refractivity contribution in [3.8, 4) is 5.75 Å². The van der Waals surface area contributed by atoms with Gasteiger partial charge in [-0.1, -0.05) is 48.5 Å². The third kappa shape index (κ3) is 4.88. The van der Waals surface area contributed by atoms with Gasteiger partial charge >= 0.3 is 0 Å². The van der Waals surface area contributed by atoms with E-state index in [1.165, 1.54) is 11.1 Å². The summed E-state index contributed by atoms with van der Waals surface area (Å²) < 4.78 is 11.7. The second-order valence-corrected chi connectivity index (χ2v) is 6.87. The van der Waals surface area contributed by atoms with Gasteiger partial charge in [0.2, 0.25) is 6.29 Å². The second-order valence-electron chi connectivity index (χ2n) is 6.87. The molecule has 158 valence electrons. The highest BCUT2D eigenvalue weighted by Crippen LogP contribution is 2.33. The molecular weight excluding hydrogens is 400 g/mol. The number of rotatable bonds is 6. The Labute approximate surface area is 178 Å². The van der Waals surface area contributed by atoms with E-state index in [9.17, 15) is 14.9 Å². The van der Waals surface area contributed by atoms with Crippen molar-refractivity contribution in [3.05, 3.63) is 106 Å². The Balaban J connectivity index is 1.59. The molecule has 0 spiro atoms. The van der Waals surface area contributed by atoms with Gasteiger partial charge in [-0.25, -0.2) is 9.90 Å². The van der Waals surface area contributed by atoms with Crippen LogP contribution < -0.4 is 4.74 Å². The average molecular weight is 420 g/mol. The molecule has 1 amide bonds. The van der Waals surface area contributed by atoms with Gasteiger partial charge < -0.3 is 9.47 Å². The monoisotopic (exact) mass is 420 g/mol. The molecule has 4 rings (SSSR count). The van der Waals surface area contributed by atoms with Crippen LogP contribution in [0.2, 0.25) is 0 Å². The van der Waals surface area contributed by atoms with Gasteiger partial charge in [0.15, 0.2) is 0 Å². The molecule has 1 aliphatic rings. The number of amides is 1. The highest BCUT2D eigenvalue weighted by atomic mass is 16.8. The first kappa shape index (κ1) is 20.5. The minimum absolute atomic E-state index is 0.109. The van der Waals surface area contributed by atoms with Crippen molar-refractivity contribution in [1.82, 2.24) is 5.06 Å². The van der Waals surface area contributed by atoms with Crippen LogP contribution in [0.3, 0.4) is 0 Å². The van der Waals surface area contributed by atoms with Gasteiger partial charge in [-0.3, -0.25) is 14.9 Å². The van der Waals surface area contributed by atoms with Crippen molar-refractivity contribution in [1.29, 1.82) is 0 Å². The van der Waals surface area contributed by atoms with Gasteiger partial charge in [0.05, 0.1) is 17.0 Å². The van der Waals surface area contributed by atoms with Crippen LogP contribution in [0.1, 0.15) is 22.2 Å². The first-order valence-corrected chi connectivity index (χ1v) is 9.72. The molecule has 1 heterocycles. The summed E-state index contributed by atoms with van der Waals surface area (Å²) in [6.45, 7) is 0.251. The number of hydroxylamine groups is 2. The number of carbonyl (C=O) groups excluding carboxylic acids is 1. The number of nitro benzene ring substituents is 1. The largest absolute Gasteiger partial charge is 0.491 e. The molecule has 0 radical (unpaired) electrons. The van der Waals surface area contributed by atoms with Crippen molar-refractivity contribution in [3.63, 3.8) is 0 Å². The Morgan fingerprint density at radius 2 is 1.65 bits per heavy atom. The predicted molar refractivity (Wildman–Crippen MR) is 111 cm³/mol. The standard InChI is InChI=1S/C23H20N2O6/c26-22(17-9-3-1-4-10-17)24-15-19(16-29-18-11-5-2-6-12-18)30-23(31-24)20-13-7-8-14-21(20)25(27)28/h1-14,19,23H,15-16H2/t19-,23-/m0/s1. The maximum absolute atomic E-state index is 13.0. The highest BCUT2D eigenvalue weighted by Gasteiger charge is 2.36. The number of nitrogens with zero attached hydrogens (tertiary/aromatic N) is 2. The molecule has 31 heavy (non-hydrogen) atoms. The number of para-hydroxylation sites is 2. The van der Waals surface area contributed by atoms with Crippen LogP contribution in [0.4, 0.5) is 5.69 Å². The Hall–Kier alpha value is -3.75. The van der Waals surface area contributed by atoms with Crippen molar-refractivity contribution >= 4 is 11.6 Å². The summed E-state index contributed by atoms with van der Waals surface area (Å²) in [5.74, 6) is 0.290. The van der Waals surface area contributed by atoms with Gasteiger partial charge in [0.1, 0.15) is 18.5 Å².